The molecule has 0 aliphatic heterocycles. The van der Waals surface area contributed by atoms with Crippen LogP contribution < -0.4 is 4.74 Å². The van der Waals surface area contributed by atoms with E-state index in [1.807, 2.05) is 42.1 Å². The second kappa shape index (κ2) is 6.57. The van der Waals surface area contributed by atoms with Crippen molar-refractivity contribution in [1.29, 1.82) is 0 Å². The number of ether oxygens (including phenoxy) is 1. The van der Waals surface area contributed by atoms with Crippen LogP contribution >= 0.6 is 0 Å². The second-order valence-electron chi connectivity index (χ2n) is 5.10. The molecule has 1 heterocycles. The van der Waals surface area contributed by atoms with Crippen LogP contribution in [-0.2, 0) is 13.2 Å². The van der Waals surface area contributed by atoms with Gasteiger partial charge in [-0.1, -0.05) is 24.6 Å². The summed E-state index contributed by atoms with van der Waals surface area (Å²) in [7, 11) is 0. The van der Waals surface area contributed by atoms with E-state index in [1.54, 1.807) is 0 Å². The Kier molecular flexibility index (Phi) is 4.79. The van der Waals surface area contributed by atoms with Crippen LogP contribution in [0.1, 0.15) is 43.1 Å². The van der Waals surface area contributed by atoms with Crippen LogP contribution in [-0.4, -0.2) is 14.9 Å². The molecule has 0 amide bonds. The molecule has 1 aromatic heterocycles. The molecule has 108 valence electrons. The summed E-state index contributed by atoms with van der Waals surface area (Å²) in [5.74, 6) is 0.719. The van der Waals surface area contributed by atoms with E-state index in [0.717, 1.165) is 29.0 Å². The van der Waals surface area contributed by atoms with E-state index in [-0.39, 0.29) is 6.61 Å². The van der Waals surface area contributed by atoms with Gasteiger partial charge in [0, 0.05) is 17.8 Å². The molecule has 0 radical (unpaired) electrons. The standard InChI is InChI=1S/C16H22N2O2/c1-4-13(3)18-8-7-15(17-18)11-20-16-6-5-12(2)9-14(16)10-19/h5-9,13,19H,4,10-11H2,1-3H3. The van der Waals surface area contributed by atoms with E-state index in [9.17, 15) is 5.11 Å². The number of nitrogens with zero attached hydrogens (tertiary/aromatic N) is 2. The van der Waals surface area contributed by atoms with Crippen molar-refractivity contribution < 1.29 is 9.84 Å². The van der Waals surface area contributed by atoms with Crippen molar-refractivity contribution in [2.75, 3.05) is 0 Å². The van der Waals surface area contributed by atoms with Gasteiger partial charge in [0.05, 0.1) is 12.3 Å². The van der Waals surface area contributed by atoms with Crippen molar-refractivity contribution in [3.05, 3.63) is 47.3 Å². The summed E-state index contributed by atoms with van der Waals surface area (Å²) in [5, 5.41) is 13.8. The van der Waals surface area contributed by atoms with Crippen molar-refractivity contribution in [1.82, 2.24) is 9.78 Å². The fraction of sp³-hybridized carbons (Fsp3) is 0.438. The van der Waals surface area contributed by atoms with Crippen LogP contribution in [0.4, 0.5) is 0 Å². The minimum absolute atomic E-state index is 0.0156. The molecule has 1 atom stereocenters. The average molecular weight is 274 g/mol. The summed E-state index contributed by atoms with van der Waals surface area (Å²) in [6.07, 6.45) is 3.03. The zero-order valence-electron chi connectivity index (χ0n) is 12.3. The summed E-state index contributed by atoms with van der Waals surface area (Å²) in [5.41, 5.74) is 2.82. The highest BCUT2D eigenvalue weighted by atomic mass is 16.5. The first kappa shape index (κ1) is 14.6. The molecule has 0 aliphatic rings. The smallest absolute Gasteiger partial charge is 0.132 e. The lowest BCUT2D eigenvalue weighted by Gasteiger charge is -2.10. The van der Waals surface area contributed by atoms with Crippen molar-refractivity contribution in [3.63, 3.8) is 0 Å². The molecule has 1 N–H and O–H groups in total. The topological polar surface area (TPSA) is 47.3 Å². The molecule has 0 saturated carbocycles. The first-order valence-corrected chi connectivity index (χ1v) is 7.01. The van der Waals surface area contributed by atoms with Gasteiger partial charge in [0.2, 0.25) is 0 Å². The Bertz CT molecular complexity index is 563. The van der Waals surface area contributed by atoms with Gasteiger partial charge in [-0.2, -0.15) is 5.10 Å². The average Bonchev–Trinajstić information content (AvgIpc) is 2.93. The molecule has 1 aromatic carbocycles. The lowest BCUT2D eigenvalue weighted by atomic mass is 10.1. The van der Waals surface area contributed by atoms with Crippen molar-refractivity contribution in [2.45, 2.75) is 46.4 Å². The SMILES string of the molecule is CCC(C)n1ccc(COc2ccc(C)cc2CO)n1. The predicted octanol–water partition coefficient (Wildman–Crippen LogP) is 3.23. The molecule has 20 heavy (non-hydrogen) atoms. The van der Waals surface area contributed by atoms with Crippen LogP contribution in [0, 0.1) is 6.92 Å². The quantitative estimate of drug-likeness (QED) is 0.879. The van der Waals surface area contributed by atoms with Gasteiger partial charge in [-0.3, -0.25) is 4.68 Å². The Morgan fingerprint density at radius 2 is 2.15 bits per heavy atom. The molecular weight excluding hydrogens is 252 g/mol. The minimum Gasteiger partial charge on any atom is -0.487 e. The molecule has 4 heteroatoms. The van der Waals surface area contributed by atoms with E-state index in [4.69, 9.17) is 4.74 Å². The molecule has 0 aliphatic carbocycles. The number of benzene rings is 1. The largest absolute Gasteiger partial charge is 0.487 e. The number of aromatic nitrogens is 2. The lowest BCUT2D eigenvalue weighted by Crippen LogP contribution is -2.06. The fourth-order valence-corrected chi connectivity index (χ4v) is 2.01. The van der Waals surface area contributed by atoms with Gasteiger partial charge >= 0.3 is 0 Å². The van der Waals surface area contributed by atoms with Crippen LogP contribution in [0.3, 0.4) is 0 Å². The molecule has 0 spiro atoms. The summed E-state index contributed by atoms with van der Waals surface area (Å²) < 4.78 is 7.72. The van der Waals surface area contributed by atoms with Gasteiger partial charge in [0.25, 0.3) is 0 Å². The third-order valence-electron chi connectivity index (χ3n) is 3.47. The van der Waals surface area contributed by atoms with Gasteiger partial charge in [-0.05, 0) is 32.4 Å². The normalized spacial score (nSPS) is 12.4. The van der Waals surface area contributed by atoms with E-state index in [1.165, 1.54) is 0 Å². The highest BCUT2D eigenvalue weighted by Crippen LogP contribution is 2.21. The number of rotatable bonds is 6. The van der Waals surface area contributed by atoms with Gasteiger partial charge in [0.15, 0.2) is 0 Å². The number of aryl methyl sites for hydroxylation is 1. The molecule has 0 fully saturated rings. The van der Waals surface area contributed by atoms with Crippen LogP contribution in [0.2, 0.25) is 0 Å². The maximum Gasteiger partial charge on any atom is 0.132 e. The molecule has 4 nitrogen and oxygen atoms in total. The van der Waals surface area contributed by atoms with E-state index < -0.39 is 0 Å². The van der Waals surface area contributed by atoms with Gasteiger partial charge < -0.3 is 9.84 Å². The number of aliphatic hydroxyl groups excluding tert-OH is 1. The Balaban J connectivity index is 2.03. The fourth-order valence-electron chi connectivity index (χ4n) is 2.01. The van der Waals surface area contributed by atoms with Gasteiger partial charge in [0.1, 0.15) is 12.4 Å². The van der Waals surface area contributed by atoms with Crippen LogP contribution in [0.5, 0.6) is 5.75 Å². The zero-order chi connectivity index (χ0) is 14.5. The molecule has 0 saturated heterocycles. The van der Waals surface area contributed by atoms with Crippen molar-refractivity contribution in [3.8, 4) is 5.75 Å². The Hall–Kier alpha value is -1.81. The van der Waals surface area contributed by atoms with Crippen LogP contribution in [0.25, 0.3) is 0 Å². The van der Waals surface area contributed by atoms with Gasteiger partial charge in [-0.25, -0.2) is 0 Å². The lowest BCUT2D eigenvalue weighted by molar-refractivity contribution is 0.256. The highest BCUT2D eigenvalue weighted by Gasteiger charge is 2.07. The summed E-state index contributed by atoms with van der Waals surface area (Å²) in [4.78, 5) is 0. The van der Waals surface area contributed by atoms with Crippen LogP contribution in [0.15, 0.2) is 30.5 Å². The Labute approximate surface area is 120 Å². The number of aliphatic hydroxyl groups is 1. The second-order valence-corrected chi connectivity index (χ2v) is 5.10. The Morgan fingerprint density at radius 1 is 1.35 bits per heavy atom. The van der Waals surface area contributed by atoms with E-state index in [0.29, 0.717) is 12.6 Å². The number of hydrogen-bond acceptors (Lipinski definition) is 3. The van der Waals surface area contributed by atoms with Crippen molar-refractivity contribution >= 4 is 0 Å². The molecule has 2 rings (SSSR count). The zero-order valence-corrected chi connectivity index (χ0v) is 12.3. The highest BCUT2D eigenvalue weighted by molar-refractivity contribution is 5.36. The molecule has 1 unspecified atom stereocenters. The summed E-state index contributed by atoms with van der Waals surface area (Å²) in [6.45, 7) is 6.68. The maximum absolute atomic E-state index is 9.35. The molecule has 0 bridgehead atoms. The van der Waals surface area contributed by atoms with E-state index >= 15 is 0 Å². The number of hydrogen-bond donors (Lipinski definition) is 1. The molecule has 2 aromatic rings. The van der Waals surface area contributed by atoms with Gasteiger partial charge in [-0.15, -0.1) is 0 Å². The predicted molar refractivity (Wildman–Crippen MR) is 78.7 cm³/mol. The third kappa shape index (κ3) is 3.39. The summed E-state index contributed by atoms with van der Waals surface area (Å²) in [6, 6.07) is 8.18. The molecular formula is C16H22N2O2. The summed E-state index contributed by atoms with van der Waals surface area (Å²) >= 11 is 0. The monoisotopic (exact) mass is 274 g/mol. The third-order valence-corrected chi connectivity index (χ3v) is 3.47. The minimum atomic E-state index is -0.0156. The maximum atomic E-state index is 9.35. The van der Waals surface area contributed by atoms with E-state index in [2.05, 4.69) is 18.9 Å². The first-order chi connectivity index (χ1) is 9.63. The first-order valence-electron chi connectivity index (χ1n) is 7.01. The van der Waals surface area contributed by atoms with Crippen molar-refractivity contribution in [2.24, 2.45) is 0 Å². The Morgan fingerprint density at radius 3 is 2.85 bits per heavy atom.